The molecule has 0 radical (unpaired) electrons. The van der Waals surface area contributed by atoms with E-state index in [0.29, 0.717) is 32.1 Å². The van der Waals surface area contributed by atoms with Crippen LogP contribution in [0.2, 0.25) is 0 Å². The molecule has 3 heterocycles. The van der Waals surface area contributed by atoms with Crippen LogP contribution in [-0.4, -0.2) is 73.1 Å². The van der Waals surface area contributed by atoms with Crippen LogP contribution in [-0.2, 0) is 13.0 Å². The molecule has 1 aromatic carbocycles. The molecule has 8 heteroatoms. The van der Waals surface area contributed by atoms with Crippen LogP contribution in [0.3, 0.4) is 0 Å². The predicted octanol–water partition coefficient (Wildman–Crippen LogP) is 2.45. The van der Waals surface area contributed by atoms with Gasteiger partial charge in [0.1, 0.15) is 11.9 Å². The Balaban J connectivity index is 1.58. The van der Waals surface area contributed by atoms with E-state index in [4.69, 9.17) is 14.2 Å². The first-order valence-electron chi connectivity index (χ1n) is 11.1. The van der Waals surface area contributed by atoms with Crippen molar-refractivity contribution in [2.45, 2.75) is 38.0 Å². The maximum Gasteiger partial charge on any atom is 0.318 e. The minimum absolute atomic E-state index is 0.0625. The Morgan fingerprint density at radius 2 is 2.16 bits per heavy atom. The summed E-state index contributed by atoms with van der Waals surface area (Å²) >= 11 is 0. The molecule has 2 atom stereocenters. The quantitative estimate of drug-likeness (QED) is 0.520. The van der Waals surface area contributed by atoms with E-state index in [9.17, 15) is 5.11 Å². The van der Waals surface area contributed by atoms with Crippen LogP contribution < -0.4 is 19.1 Å². The van der Waals surface area contributed by atoms with Crippen molar-refractivity contribution in [2.75, 3.05) is 45.8 Å². The highest BCUT2D eigenvalue weighted by Crippen LogP contribution is 2.41. The Hall–Kier alpha value is -2.84. The molecular weight excluding hydrogens is 408 g/mol. The fourth-order valence-corrected chi connectivity index (χ4v) is 4.14. The van der Waals surface area contributed by atoms with E-state index in [1.54, 1.807) is 13.3 Å². The molecule has 4 rings (SSSR count). The lowest BCUT2D eigenvalue weighted by atomic mass is 10.00. The highest BCUT2D eigenvalue weighted by Gasteiger charge is 2.30. The molecule has 2 aliphatic heterocycles. The largest absolute Gasteiger partial charge is 0.493 e. The van der Waals surface area contributed by atoms with Gasteiger partial charge in [0.2, 0.25) is 0 Å². The normalized spacial score (nSPS) is 21.1. The standard InChI is InChI=1S/C24H32N4O4/c1-27(2)11-5-13-31-24-25-10-9-22(26-24)28-12-4-6-18(29)14-19-15-20-17(16-28)7-8-21(30-3)23(20)32-19/h4,6-10,18-19,29H,5,11-16H2,1-3H3/b6-4+/t18-,19?/m0/s1. The summed E-state index contributed by atoms with van der Waals surface area (Å²) in [5.74, 6) is 2.30. The monoisotopic (exact) mass is 440 g/mol. The van der Waals surface area contributed by atoms with Crippen molar-refractivity contribution >= 4 is 5.82 Å². The number of ether oxygens (including phenoxy) is 3. The van der Waals surface area contributed by atoms with Crippen molar-refractivity contribution in [3.63, 3.8) is 0 Å². The number of aliphatic hydroxyl groups is 1. The van der Waals surface area contributed by atoms with E-state index in [1.165, 1.54) is 5.56 Å². The smallest absolute Gasteiger partial charge is 0.318 e. The number of rotatable bonds is 7. The second-order valence-electron chi connectivity index (χ2n) is 8.49. The molecule has 1 aromatic heterocycles. The highest BCUT2D eigenvalue weighted by molar-refractivity contribution is 5.55. The van der Waals surface area contributed by atoms with Gasteiger partial charge < -0.3 is 29.1 Å². The van der Waals surface area contributed by atoms with Gasteiger partial charge >= 0.3 is 6.01 Å². The van der Waals surface area contributed by atoms with Gasteiger partial charge in [0.15, 0.2) is 11.5 Å². The fourth-order valence-electron chi connectivity index (χ4n) is 4.14. The molecule has 2 aromatic rings. The van der Waals surface area contributed by atoms with Crippen molar-refractivity contribution < 1.29 is 19.3 Å². The Morgan fingerprint density at radius 1 is 1.28 bits per heavy atom. The minimum atomic E-state index is -0.565. The Bertz CT molecular complexity index is 950. The highest BCUT2D eigenvalue weighted by atomic mass is 16.5. The van der Waals surface area contributed by atoms with Crippen LogP contribution in [0.4, 0.5) is 5.82 Å². The van der Waals surface area contributed by atoms with Crippen molar-refractivity contribution in [3.8, 4) is 17.5 Å². The van der Waals surface area contributed by atoms with Crippen LogP contribution in [0.5, 0.6) is 17.5 Å². The zero-order chi connectivity index (χ0) is 22.5. The average Bonchev–Trinajstić information content (AvgIpc) is 3.18. The number of methoxy groups -OCH3 is 1. The van der Waals surface area contributed by atoms with Gasteiger partial charge in [0.25, 0.3) is 0 Å². The van der Waals surface area contributed by atoms with E-state index in [-0.39, 0.29) is 6.10 Å². The number of benzene rings is 1. The third-order valence-electron chi connectivity index (χ3n) is 5.73. The van der Waals surface area contributed by atoms with E-state index >= 15 is 0 Å². The van der Waals surface area contributed by atoms with Gasteiger partial charge in [-0.05, 0) is 38.2 Å². The number of hydrogen-bond acceptors (Lipinski definition) is 8. The molecule has 0 spiro atoms. The second kappa shape index (κ2) is 10.2. The van der Waals surface area contributed by atoms with Crippen LogP contribution in [0.1, 0.15) is 24.0 Å². The molecule has 0 amide bonds. The van der Waals surface area contributed by atoms with E-state index in [2.05, 4.69) is 25.8 Å². The third kappa shape index (κ3) is 5.31. The van der Waals surface area contributed by atoms with Crippen molar-refractivity contribution in [1.82, 2.24) is 14.9 Å². The first-order chi connectivity index (χ1) is 15.5. The summed E-state index contributed by atoms with van der Waals surface area (Å²) in [5, 5.41) is 10.5. The predicted molar refractivity (Wildman–Crippen MR) is 123 cm³/mol. The zero-order valence-electron chi connectivity index (χ0n) is 19.0. The SMILES string of the molecule is COc1ccc2c3c1OC(C3)C[C@@H](O)/C=C/CN(c1ccnc(OCCCN(C)C)n1)C2. The summed E-state index contributed by atoms with van der Waals surface area (Å²) < 4.78 is 17.5. The summed E-state index contributed by atoms with van der Waals surface area (Å²) in [4.78, 5) is 13.2. The molecule has 2 aliphatic rings. The summed E-state index contributed by atoms with van der Waals surface area (Å²) in [6.45, 7) is 2.78. The number of hydrogen-bond donors (Lipinski definition) is 1. The third-order valence-corrected chi connectivity index (χ3v) is 5.73. The lowest BCUT2D eigenvalue weighted by molar-refractivity contribution is 0.133. The number of aromatic nitrogens is 2. The summed E-state index contributed by atoms with van der Waals surface area (Å²) in [6.07, 6.45) is 7.13. The summed E-state index contributed by atoms with van der Waals surface area (Å²) in [7, 11) is 5.74. The molecule has 32 heavy (non-hydrogen) atoms. The maximum atomic E-state index is 10.5. The lowest BCUT2D eigenvalue weighted by Gasteiger charge is -2.24. The topological polar surface area (TPSA) is 80.2 Å². The van der Waals surface area contributed by atoms with E-state index < -0.39 is 6.10 Å². The fraction of sp³-hybridized carbons (Fsp3) is 0.500. The molecule has 8 nitrogen and oxygen atoms in total. The van der Waals surface area contributed by atoms with E-state index in [1.807, 2.05) is 38.4 Å². The molecule has 0 saturated carbocycles. The van der Waals surface area contributed by atoms with Gasteiger partial charge in [0, 0.05) is 44.2 Å². The molecular formula is C24H32N4O4. The number of anilines is 1. The first kappa shape index (κ1) is 22.4. The summed E-state index contributed by atoms with van der Waals surface area (Å²) in [5.41, 5.74) is 2.31. The van der Waals surface area contributed by atoms with Gasteiger partial charge in [-0.1, -0.05) is 18.2 Å². The van der Waals surface area contributed by atoms with Crippen LogP contribution >= 0.6 is 0 Å². The van der Waals surface area contributed by atoms with Crippen LogP contribution in [0.25, 0.3) is 0 Å². The van der Waals surface area contributed by atoms with Gasteiger partial charge in [-0.25, -0.2) is 4.98 Å². The van der Waals surface area contributed by atoms with Gasteiger partial charge in [0.05, 0.1) is 19.8 Å². The first-order valence-corrected chi connectivity index (χ1v) is 11.1. The molecule has 0 fully saturated rings. The zero-order valence-corrected chi connectivity index (χ0v) is 19.0. The minimum Gasteiger partial charge on any atom is -0.493 e. The second-order valence-corrected chi connectivity index (χ2v) is 8.49. The number of aliphatic hydroxyl groups excluding tert-OH is 1. The molecule has 1 unspecified atom stereocenters. The Kier molecular flexibility index (Phi) is 7.12. The van der Waals surface area contributed by atoms with Gasteiger partial charge in [-0.2, -0.15) is 4.98 Å². The number of nitrogens with zero attached hydrogens (tertiary/aromatic N) is 4. The van der Waals surface area contributed by atoms with E-state index in [0.717, 1.165) is 42.3 Å². The van der Waals surface area contributed by atoms with Gasteiger partial charge in [-0.3, -0.25) is 0 Å². The number of fused-ring (bicyclic) bond motifs is 1. The van der Waals surface area contributed by atoms with Crippen LogP contribution in [0, 0.1) is 0 Å². The van der Waals surface area contributed by atoms with Gasteiger partial charge in [-0.15, -0.1) is 0 Å². The molecule has 0 saturated heterocycles. The molecule has 0 aliphatic carbocycles. The maximum absolute atomic E-state index is 10.5. The average molecular weight is 441 g/mol. The summed E-state index contributed by atoms with van der Waals surface area (Å²) in [6, 6.07) is 6.31. The molecule has 1 N–H and O–H groups in total. The van der Waals surface area contributed by atoms with Crippen molar-refractivity contribution in [2.24, 2.45) is 0 Å². The Labute approximate surface area is 189 Å². The Morgan fingerprint density at radius 3 is 2.97 bits per heavy atom. The molecule has 2 bridgehead atoms. The van der Waals surface area contributed by atoms with Crippen molar-refractivity contribution in [3.05, 3.63) is 47.7 Å². The molecule has 172 valence electrons. The van der Waals surface area contributed by atoms with Crippen molar-refractivity contribution in [1.29, 1.82) is 0 Å². The van der Waals surface area contributed by atoms with Crippen LogP contribution in [0.15, 0.2) is 36.5 Å². The lowest BCUT2D eigenvalue weighted by Crippen LogP contribution is -2.25.